The minimum atomic E-state index is -0.427. The van der Waals surface area contributed by atoms with Crippen LogP contribution in [-0.2, 0) is 16.0 Å². The van der Waals surface area contributed by atoms with E-state index in [1.54, 1.807) is 12.1 Å². The third kappa shape index (κ3) is 3.94. The van der Waals surface area contributed by atoms with Crippen molar-refractivity contribution >= 4 is 17.5 Å². The van der Waals surface area contributed by atoms with E-state index in [1.807, 2.05) is 0 Å². The summed E-state index contributed by atoms with van der Waals surface area (Å²) >= 11 is 0. The van der Waals surface area contributed by atoms with Crippen LogP contribution in [0, 0.1) is 0 Å². The Balaban J connectivity index is 1.89. The molecule has 2 heterocycles. The average molecular weight is 262 g/mol. The van der Waals surface area contributed by atoms with Gasteiger partial charge in [-0.1, -0.05) is 0 Å². The number of hydrogen-bond acceptors (Lipinski definition) is 4. The number of carbonyl (C=O) groups excluding carboxylic acids is 2. The molecular formula is C13H18N4O2. The maximum Gasteiger partial charge on any atom is 0.242 e. The van der Waals surface area contributed by atoms with Crippen molar-refractivity contribution in [2.45, 2.75) is 31.7 Å². The number of nitrogen functional groups attached to an aromatic ring is 1. The Kier molecular flexibility index (Phi) is 4.33. The van der Waals surface area contributed by atoms with Crippen LogP contribution in [0.25, 0.3) is 0 Å². The van der Waals surface area contributed by atoms with Crippen LogP contribution in [-0.4, -0.2) is 29.4 Å². The highest BCUT2D eigenvalue weighted by Crippen LogP contribution is 2.06. The van der Waals surface area contributed by atoms with Crippen LogP contribution >= 0.6 is 0 Å². The van der Waals surface area contributed by atoms with Crippen LogP contribution in [0.1, 0.15) is 25.0 Å². The topological polar surface area (TPSA) is 97.1 Å². The highest BCUT2D eigenvalue weighted by atomic mass is 16.2. The second-order valence-corrected chi connectivity index (χ2v) is 4.67. The van der Waals surface area contributed by atoms with E-state index in [1.165, 1.54) is 6.20 Å². The van der Waals surface area contributed by atoms with Gasteiger partial charge in [-0.15, -0.1) is 0 Å². The molecule has 0 saturated carbocycles. The lowest BCUT2D eigenvalue weighted by molar-refractivity contribution is -0.128. The fourth-order valence-electron chi connectivity index (χ4n) is 2.03. The summed E-state index contributed by atoms with van der Waals surface area (Å²) in [6.45, 7) is 0.685. The van der Waals surface area contributed by atoms with Crippen molar-refractivity contribution in [3.05, 3.63) is 24.0 Å². The number of amides is 2. The van der Waals surface area contributed by atoms with E-state index in [-0.39, 0.29) is 18.2 Å². The minimum Gasteiger partial charge on any atom is -0.397 e. The molecule has 1 aromatic heterocycles. The number of rotatable bonds is 3. The molecule has 0 spiro atoms. The van der Waals surface area contributed by atoms with Gasteiger partial charge < -0.3 is 16.4 Å². The smallest absolute Gasteiger partial charge is 0.242 e. The predicted molar refractivity (Wildman–Crippen MR) is 71.1 cm³/mol. The van der Waals surface area contributed by atoms with Gasteiger partial charge in [-0.2, -0.15) is 0 Å². The first kappa shape index (κ1) is 13.3. The molecule has 0 aromatic carbocycles. The molecule has 102 valence electrons. The Labute approximate surface area is 111 Å². The van der Waals surface area contributed by atoms with Gasteiger partial charge in [-0.3, -0.25) is 14.6 Å². The molecule has 0 radical (unpaired) electrons. The number of pyridine rings is 1. The SMILES string of the molecule is Nc1ccc(CC(=O)NC2CCCCNC2=O)nc1. The van der Waals surface area contributed by atoms with Crippen molar-refractivity contribution in [1.82, 2.24) is 15.6 Å². The Hall–Kier alpha value is -2.11. The maximum atomic E-state index is 11.9. The number of nitrogens with two attached hydrogens (primary N) is 1. The lowest BCUT2D eigenvalue weighted by Crippen LogP contribution is -2.46. The molecule has 1 unspecified atom stereocenters. The largest absolute Gasteiger partial charge is 0.397 e. The third-order valence-corrected chi connectivity index (χ3v) is 3.06. The van der Waals surface area contributed by atoms with Crippen molar-refractivity contribution in [2.75, 3.05) is 12.3 Å². The van der Waals surface area contributed by atoms with Gasteiger partial charge in [0.05, 0.1) is 18.3 Å². The molecule has 2 amide bonds. The van der Waals surface area contributed by atoms with E-state index in [0.717, 1.165) is 12.8 Å². The Bertz CT molecular complexity index is 458. The molecule has 0 bridgehead atoms. The van der Waals surface area contributed by atoms with E-state index in [4.69, 9.17) is 5.73 Å². The highest BCUT2D eigenvalue weighted by molar-refractivity contribution is 5.88. The van der Waals surface area contributed by atoms with Gasteiger partial charge in [0.25, 0.3) is 0 Å². The summed E-state index contributed by atoms with van der Waals surface area (Å²) in [4.78, 5) is 27.6. The molecule has 6 heteroatoms. The zero-order valence-electron chi connectivity index (χ0n) is 10.7. The van der Waals surface area contributed by atoms with Crippen LogP contribution < -0.4 is 16.4 Å². The number of nitrogens with zero attached hydrogens (tertiary/aromatic N) is 1. The third-order valence-electron chi connectivity index (χ3n) is 3.06. The first-order valence-electron chi connectivity index (χ1n) is 6.42. The highest BCUT2D eigenvalue weighted by Gasteiger charge is 2.22. The fourth-order valence-corrected chi connectivity index (χ4v) is 2.03. The van der Waals surface area contributed by atoms with Gasteiger partial charge in [-0.05, 0) is 31.4 Å². The summed E-state index contributed by atoms with van der Waals surface area (Å²) in [5.41, 5.74) is 6.73. The second-order valence-electron chi connectivity index (χ2n) is 4.67. The summed E-state index contributed by atoms with van der Waals surface area (Å²) in [7, 11) is 0. The van der Waals surface area contributed by atoms with E-state index in [2.05, 4.69) is 15.6 Å². The Morgan fingerprint density at radius 1 is 1.47 bits per heavy atom. The molecule has 1 fully saturated rings. The summed E-state index contributed by atoms with van der Waals surface area (Å²) in [6.07, 6.45) is 4.25. The maximum absolute atomic E-state index is 11.9. The lowest BCUT2D eigenvalue weighted by Gasteiger charge is -2.14. The van der Waals surface area contributed by atoms with E-state index in [9.17, 15) is 9.59 Å². The van der Waals surface area contributed by atoms with Gasteiger partial charge >= 0.3 is 0 Å². The van der Waals surface area contributed by atoms with Crippen molar-refractivity contribution in [2.24, 2.45) is 0 Å². The molecule has 19 heavy (non-hydrogen) atoms. The zero-order valence-corrected chi connectivity index (χ0v) is 10.7. The monoisotopic (exact) mass is 262 g/mol. The van der Waals surface area contributed by atoms with Gasteiger partial charge in [0.15, 0.2) is 0 Å². The molecule has 6 nitrogen and oxygen atoms in total. The average Bonchev–Trinajstić information content (AvgIpc) is 2.58. The van der Waals surface area contributed by atoms with Gasteiger partial charge in [0, 0.05) is 12.2 Å². The normalized spacial score (nSPS) is 19.4. The van der Waals surface area contributed by atoms with Crippen LogP contribution in [0.2, 0.25) is 0 Å². The number of carbonyl (C=O) groups is 2. The van der Waals surface area contributed by atoms with Crippen LogP contribution in [0.15, 0.2) is 18.3 Å². The van der Waals surface area contributed by atoms with E-state index < -0.39 is 6.04 Å². The summed E-state index contributed by atoms with van der Waals surface area (Å²) < 4.78 is 0. The van der Waals surface area contributed by atoms with E-state index in [0.29, 0.717) is 24.3 Å². The molecule has 1 saturated heterocycles. The molecule has 2 rings (SSSR count). The minimum absolute atomic E-state index is 0.101. The molecule has 0 aliphatic carbocycles. The van der Waals surface area contributed by atoms with Crippen molar-refractivity contribution in [3.63, 3.8) is 0 Å². The number of hydrogen-bond donors (Lipinski definition) is 3. The number of aromatic nitrogens is 1. The molecular weight excluding hydrogens is 244 g/mol. The van der Waals surface area contributed by atoms with Gasteiger partial charge in [0.1, 0.15) is 6.04 Å². The van der Waals surface area contributed by atoms with Gasteiger partial charge in [0.2, 0.25) is 11.8 Å². The lowest BCUT2D eigenvalue weighted by atomic mass is 10.1. The van der Waals surface area contributed by atoms with Crippen LogP contribution in [0.5, 0.6) is 0 Å². The standard InChI is InChI=1S/C13H18N4O2/c14-9-4-5-10(16-8-9)7-12(18)17-11-3-1-2-6-15-13(11)19/h4-5,8,11H,1-3,6-7,14H2,(H,15,19)(H,17,18). The summed E-state index contributed by atoms with van der Waals surface area (Å²) in [5.74, 6) is -0.296. The molecule has 1 aliphatic rings. The van der Waals surface area contributed by atoms with Crippen molar-refractivity contribution in [1.29, 1.82) is 0 Å². The molecule has 1 aliphatic heterocycles. The summed E-state index contributed by atoms with van der Waals surface area (Å²) in [5, 5.41) is 5.53. The van der Waals surface area contributed by atoms with Crippen LogP contribution in [0.4, 0.5) is 5.69 Å². The zero-order chi connectivity index (χ0) is 13.7. The molecule has 1 atom stereocenters. The number of nitrogens with one attached hydrogen (secondary N) is 2. The first-order chi connectivity index (χ1) is 9.15. The van der Waals surface area contributed by atoms with E-state index >= 15 is 0 Å². The van der Waals surface area contributed by atoms with Crippen molar-refractivity contribution < 1.29 is 9.59 Å². The van der Waals surface area contributed by atoms with Gasteiger partial charge in [-0.25, -0.2) is 0 Å². The van der Waals surface area contributed by atoms with Crippen LogP contribution in [0.3, 0.4) is 0 Å². The quantitative estimate of drug-likeness (QED) is 0.713. The first-order valence-corrected chi connectivity index (χ1v) is 6.42. The molecule has 4 N–H and O–H groups in total. The predicted octanol–water partition coefficient (Wildman–Crippen LogP) is -0.00880. The Morgan fingerprint density at radius 2 is 2.32 bits per heavy atom. The van der Waals surface area contributed by atoms with Crippen molar-refractivity contribution in [3.8, 4) is 0 Å². The summed E-state index contributed by atoms with van der Waals surface area (Å²) in [6, 6.07) is 2.99. The number of anilines is 1. The second kappa shape index (κ2) is 6.17. The fraction of sp³-hybridized carbons (Fsp3) is 0.462. The molecule has 1 aromatic rings. The Morgan fingerprint density at radius 3 is 3.05 bits per heavy atom.